The Morgan fingerprint density at radius 3 is 2.72 bits per heavy atom. The topological polar surface area (TPSA) is 102 Å². The Labute approximate surface area is 102 Å². The van der Waals surface area contributed by atoms with E-state index in [1.807, 2.05) is 0 Å². The molecule has 1 N–H and O–H groups in total. The zero-order chi connectivity index (χ0) is 13.5. The average molecular weight is 251 g/mol. The molecule has 0 bridgehead atoms. The normalized spacial score (nSPS) is 9.17. The quantitative estimate of drug-likeness (QED) is 0.474. The summed E-state index contributed by atoms with van der Waals surface area (Å²) in [5.74, 6) is -1.71. The molecule has 1 aromatic rings. The van der Waals surface area contributed by atoms with Crippen molar-refractivity contribution in [2.24, 2.45) is 4.99 Å². The number of isocyanates is 1. The molecule has 0 amide bonds. The van der Waals surface area contributed by atoms with Gasteiger partial charge in [-0.05, 0) is 18.2 Å². The predicted octanol–water partition coefficient (Wildman–Crippen LogP) is 0.904. The van der Waals surface area contributed by atoms with Gasteiger partial charge in [-0.3, -0.25) is 0 Å². The predicted molar refractivity (Wildman–Crippen MR) is 58.7 cm³/mol. The maximum atomic E-state index is 11.4. The summed E-state index contributed by atoms with van der Waals surface area (Å²) < 4.78 is 9.39. The monoisotopic (exact) mass is 251 g/mol. The minimum absolute atomic E-state index is 0.0104. The van der Waals surface area contributed by atoms with Crippen LogP contribution in [0.1, 0.15) is 10.4 Å². The van der Waals surface area contributed by atoms with Crippen molar-refractivity contribution in [2.75, 3.05) is 13.7 Å². The number of carboxylic acids is 1. The third kappa shape index (κ3) is 3.43. The van der Waals surface area contributed by atoms with Gasteiger partial charge in [0.2, 0.25) is 6.08 Å². The van der Waals surface area contributed by atoms with E-state index in [0.29, 0.717) is 0 Å². The summed E-state index contributed by atoms with van der Waals surface area (Å²) in [6.07, 6.45) is 1.31. The number of aliphatic carboxylic acids is 1. The summed E-state index contributed by atoms with van der Waals surface area (Å²) >= 11 is 0. The molecule has 0 heterocycles. The number of hydrogen-bond acceptors (Lipinski definition) is 6. The fourth-order valence-corrected chi connectivity index (χ4v) is 1.17. The largest absolute Gasteiger partial charge is 0.482 e. The number of carbonyl (C=O) groups is 2. The number of ether oxygens (including phenoxy) is 2. The van der Waals surface area contributed by atoms with Crippen molar-refractivity contribution >= 4 is 23.7 Å². The van der Waals surface area contributed by atoms with Crippen LogP contribution in [0.25, 0.3) is 0 Å². The summed E-state index contributed by atoms with van der Waals surface area (Å²) in [6, 6.07) is 3.95. The van der Waals surface area contributed by atoms with Gasteiger partial charge >= 0.3 is 11.9 Å². The number of methoxy groups -OCH3 is 1. The molecule has 7 nitrogen and oxygen atoms in total. The van der Waals surface area contributed by atoms with Crippen LogP contribution in [0.3, 0.4) is 0 Å². The second-order valence-electron chi connectivity index (χ2n) is 3.06. The second-order valence-corrected chi connectivity index (χ2v) is 3.06. The molecule has 0 radical (unpaired) electrons. The van der Waals surface area contributed by atoms with Gasteiger partial charge in [0.15, 0.2) is 6.61 Å². The molecule has 7 heteroatoms. The Hall–Kier alpha value is -2.66. The first-order valence-electron chi connectivity index (χ1n) is 4.73. The molecule has 0 unspecified atom stereocenters. The Kier molecular flexibility index (Phi) is 4.59. The molecule has 0 aromatic heterocycles. The molecular formula is C11H9NO6. The number of hydrogen-bond donors (Lipinski definition) is 1. The standard InChI is InChI=1S/C11H9NO6/c1-17-11(16)8-4-7(18-5-10(14)15)2-3-9(8)12-6-13/h2-4H,5H2,1H3,(H,14,15). The zero-order valence-electron chi connectivity index (χ0n) is 9.37. The first-order valence-corrected chi connectivity index (χ1v) is 4.73. The fourth-order valence-electron chi connectivity index (χ4n) is 1.17. The molecule has 0 aliphatic carbocycles. The number of nitrogens with zero attached hydrogens (tertiary/aromatic N) is 1. The van der Waals surface area contributed by atoms with Crippen LogP contribution in [-0.4, -0.2) is 36.8 Å². The van der Waals surface area contributed by atoms with E-state index in [9.17, 15) is 14.4 Å². The number of rotatable bonds is 5. The Morgan fingerprint density at radius 1 is 1.44 bits per heavy atom. The molecule has 0 saturated carbocycles. The lowest BCUT2D eigenvalue weighted by molar-refractivity contribution is -0.139. The van der Waals surface area contributed by atoms with Crippen LogP contribution in [0.5, 0.6) is 5.75 Å². The summed E-state index contributed by atoms with van der Waals surface area (Å²) in [5, 5.41) is 8.45. The summed E-state index contributed by atoms with van der Waals surface area (Å²) in [6.45, 7) is -0.545. The van der Waals surface area contributed by atoms with Crippen LogP contribution in [0.4, 0.5) is 5.69 Å². The van der Waals surface area contributed by atoms with E-state index in [2.05, 4.69) is 9.73 Å². The summed E-state index contributed by atoms with van der Waals surface area (Å²) in [7, 11) is 1.17. The number of carboxylic acid groups (broad SMARTS) is 1. The number of carbonyl (C=O) groups excluding carboxylic acids is 2. The van der Waals surface area contributed by atoms with Crippen molar-refractivity contribution in [3.8, 4) is 5.75 Å². The van der Waals surface area contributed by atoms with E-state index < -0.39 is 18.5 Å². The third-order valence-electron chi connectivity index (χ3n) is 1.90. The maximum Gasteiger partial charge on any atom is 0.341 e. The molecule has 0 atom stereocenters. The van der Waals surface area contributed by atoms with Crippen molar-refractivity contribution in [2.45, 2.75) is 0 Å². The van der Waals surface area contributed by atoms with E-state index >= 15 is 0 Å². The zero-order valence-corrected chi connectivity index (χ0v) is 9.37. The van der Waals surface area contributed by atoms with Gasteiger partial charge in [-0.25, -0.2) is 14.4 Å². The van der Waals surface area contributed by atoms with Gasteiger partial charge < -0.3 is 14.6 Å². The lowest BCUT2D eigenvalue weighted by Crippen LogP contribution is -2.10. The minimum Gasteiger partial charge on any atom is -0.482 e. The van der Waals surface area contributed by atoms with E-state index in [1.165, 1.54) is 31.4 Å². The van der Waals surface area contributed by atoms with Crippen molar-refractivity contribution in [3.63, 3.8) is 0 Å². The van der Waals surface area contributed by atoms with Gasteiger partial charge in [0.05, 0.1) is 18.4 Å². The number of esters is 1. The first-order chi connectivity index (χ1) is 8.58. The maximum absolute atomic E-state index is 11.4. The van der Waals surface area contributed by atoms with Crippen molar-refractivity contribution in [1.29, 1.82) is 0 Å². The highest BCUT2D eigenvalue weighted by Gasteiger charge is 2.13. The Balaban J connectivity index is 3.08. The lowest BCUT2D eigenvalue weighted by atomic mass is 10.1. The van der Waals surface area contributed by atoms with Gasteiger partial charge in [-0.15, -0.1) is 0 Å². The molecule has 18 heavy (non-hydrogen) atoms. The van der Waals surface area contributed by atoms with E-state index in [-0.39, 0.29) is 17.0 Å². The SMILES string of the molecule is COC(=O)c1cc(OCC(=O)O)ccc1N=C=O. The van der Waals surface area contributed by atoms with Crippen molar-refractivity contribution < 1.29 is 29.0 Å². The van der Waals surface area contributed by atoms with Crippen LogP contribution in [-0.2, 0) is 14.3 Å². The molecular weight excluding hydrogens is 242 g/mol. The third-order valence-corrected chi connectivity index (χ3v) is 1.90. The molecule has 0 spiro atoms. The van der Waals surface area contributed by atoms with Crippen LogP contribution < -0.4 is 4.74 Å². The molecule has 1 rings (SSSR count). The number of benzene rings is 1. The minimum atomic E-state index is -1.15. The van der Waals surface area contributed by atoms with Crippen LogP contribution >= 0.6 is 0 Å². The van der Waals surface area contributed by atoms with Gasteiger partial charge in [-0.1, -0.05) is 0 Å². The Morgan fingerprint density at radius 2 is 2.17 bits per heavy atom. The molecule has 1 aromatic carbocycles. The van der Waals surface area contributed by atoms with Gasteiger partial charge in [-0.2, -0.15) is 4.99 Å². The summed E-state index contributed by atoms with van der Waals surface area (Å²) in [5.41, 5.74) is 0.0586. The molecule has 0 aliphatic rings. The summed E-state index contributed by atoms with van der Waals surface area (Å²) in [4.78, 5) is 35.3. The second kappa shape index (κ2) is 6.17. The van der Waals surface area contributed by atoms with Crippen molar-refractivity contribution in [1.82, 2.24) is 0 Å². The fraction of sp³-hybridized carbons (Fsp3) is 0.182. The van der Waals surface area contributed by atoms with E-state index in [0.717, 1.165) is 0 Å². The average Bonchev–Trinajstić information content (AvgIpc) is 2.36. The van der Waals surface area contributed by atoms with Crippen LogP contribution in [0, 0.1) is 0 Å². The van der Waals surface area contributed by atoms with Crippen LogP contribution in [0.15, 0.2) is 23.2 Å². The molecule has 94 valence electrons. The smallest absolute Gasteiger partial charge is 0.341 e. The number of aliphatic imine (C=N–C) groups is 1. The van der Waals surface area contributed by atoms with Gasteiger partial charge in [0, 0.05) is 0 Å². The first kappa shape index (κ1) is 13.4. The van der Waals surface area contributed by atoms with E-state index in [1.54, 1.807) is 0 Å². The lowest BCUT2D eigenvalue weighted by Gasteiger charge is -2.06. The molecule has 0 fully saturated rings. The van der Waals surface area contributed by atoms with Crippen LogP contribution in [0.2, 0.25) is 0 Å². The van der Waals surface area contributed by atoms with Gasteiger partial charge in [0.1, 0.15) is 5.75 Å². The highest BCUT2D eigenvalue weighted by atomic mass is 16.5. The van der Waals surface area contributed by atoms with E-state index in [4.69, 9.17) is 9.84 Å². The molecule has 0 aliphatic heterocycles. The highest BCUT2D eigenvalue weighted by Crippen LogP contribution is 2.25. The Bertz CT molecular complexity index is 518. The van der Waals surface area contributed by atoms with Crippen molar-refractivity contribution in [3.05, 3.63) is 23.8 Å². The van der Waals surface area contributed by atoms with Gasteiger partial charge in [0.25, 0.3) is 0 Å². The molecule has 0 saturated heterocycles. The highest BCUT2D eigenvalue weighted by molar-refractivity contribution is 5.95.